The molecule has 2 aromatic rings. The maximum absolute atomic E-state index is 16.2. The quantitative estimate of drug-likeness (QED) is 0.614. The number of anilines is 1. The second kappa shape index (κ2) is 9.73. The number of ether oxygens (including phenoxy) is 2. The van der Waals surface area contributed by atoms with Gasteiger partial charge in [-0.2, -0.15) is 8.42 Å². The van der Waals surface area contributed by atoms with E-state index in [1.807, 2.05) is 55.8 Å². The average Bonchev–Trinajstić information content (AvgIpc) is 3.08. The summed E-state index contributed by atoms with van der Waals surface area (Å²) in [6.07, 6.45) is 0.150. The van der Waals surface area contributed by atoms with Crippen molar-refractivity contribution in [2.24, 2.45) is 0 Å². The Bertz CT molecular complexity index is 1360. The van der Waals surface area contributed by atoms with Gasteiger partial charge in [0, 0.05) is 37.8 Å². The first-order valence-electron chi connectivity index (χ1n) is 12.5. The molecule has 0 atom stereocenters. The Balaban J connectivity index is 1.39. The van der Waals surface area contributed by atoms with E-state index >= 15 is 4.39 Å². The Kier molecular flexibility index (Phi) is 6.72. The van der Waals surface area contributed by atoms with Crippen LogP contribution in [0, 0.1) is 5.82 Å². The van der Waals surface area contributed by atoms with Crippen LogP contribution >= 0.6 is 0 Å². The van der Waals surface area contributed by atoms with Gasteiger partial charge in [0.1, 0.15) is 30.2 Å². The monoisotopic (exact) mass is 546 g/mol. The molecule has 0 aromatic heterocycles. The van der Waals surface area contributed by atoms with E-state index in [9.17, 15) is 18.0 Å². The van der Waals surface area contributed by atoms with E-state index in [1.54, 1.807) is 11.0 Å². The number of likely N-dealkylation sites (tertiary alicyclic amines) is 1. The third-order valence-electron chi connectivity index (χ3n) is 6.77. The van der Waals surface area contributed by atoms with E-state index in [4.69, 9.17) is 9.47 Å². The highest BCUT2D eigenvalue weighted by atomic mass is 32.2. The standard InChI is InChI=1S/C26H31FN4O6S/c1-26(2,3)37-25(33)30-12-19(13-30)29-10-9-18-11-21(36-16-17-7-5-4-6-8-17)24(23(27)20(18)14-29)31-15-22(32)28-38(31,34)35/h4-8,11,19H,9-10,12-16H2,1-3H3,(H,28,32). The summed E-state index contributed by atoms with van der Waals surface area (Å²) in [5.74, 6) is -1.40. The number of rotatable bonds is 5. The van der Waals surface area contributed by atoms with Gasteiger partial charge in [0.2, 0.25) is 0 Å². The molecule has 2 saturated heterocycles. The molecule has 3 heterocycles. The van der Waals surface area contributed by atoms with Gasteiger partial charge < -0.3 is 14.4 Å². The van der Waals surface area contributed by atoms with Gasteiger partial charge in [-0.15, -0.1) is 0 Å². The molecule has 2 aromatic carbocycles. The number of carbonyl (C=O) groups excluding carboxylic acids is 2. The topological polar surface area (TPSA) is 108 Å². The minimum Gasteiger partial charge on any atom is -0.487 e. The molecule has 0 aliphatic carbocycles. The predicted octanol–water partition coefficient (Wildman–Crippen LogP) is 2.56. The van der Waals surface area contributed by atoms with Gasteiger partial charge >= 0.3 is 16.3 Å². The number of halogens is 1. The zero-order chi connectivity index (χ0) is 27.2. The SMILES string of the molecule is CC(C)(C)OC(=O)N1CC(N2CCc3cc(OCc4ccccc4)c(N4CC(=O)NS4(=O)=O)c(F)c3C2)C1. The van der Waals surface area contributed by atoms with Gasteiger partial charge in [-0.05, 0) is 44.4 Å². The lowest BCUT2D eigenvalue weighted by molar-refractivity contribution is -0.117. The third kappa shape index (κ3) is 5.28. The van der Waals surface area contributed by atoms with Crippen molar-refractivity contribution >= 4 is 27.9 Å². The molecule has 0 radical (unpaired) electrons. The minimum absolute atomic E-state index is 0.0336. The van der Waals surface area contributed by atoms with Crippen LogP contribution in [0.3, 0.4) is 0 Å². The van der Waals surface area contributed by atoms with Crippen LogP contribution in [-0.2, 0) is 39.3 Å². The predicted molar refractivity (Wildman–Crippen MR) is 137 cm³/mol. The summed E-state index contributed by atoms with van der Waals surface area (Å²) < 4.78 is 55.5. The molecule has 3 aliphatic rings. The number of hydrogen-bond acceptors (Lipinski definition) is 7. The smallest absolute Gasteiger partial charge is 0.410 e. The maximum atomic E-state index is 16.2. The van der Waals surface area contributed by atoms with Crippen LogP contribution in [0.2, 0.25) is 0 Å². The normalized spacial score (nSPS) is 19.5. The van der Waals surface area contributed by atoms with Crippen molar-refractivity contribution in [2.45, 2.75) is 52.0 Å². The molecule has 0 unspecified atom stereocenters. The maximum Gasteiger partial charge on any atom is 0.410 e. The lowest BCUT2D eigenvalue weighted by Crippen LogP contribution is -2.62. The average molecular weight is 547 g/mol. The van der Waals surface area contributed by atoms with E-state index in [2.05, 4.69) is 4.90 Å². The Morgan fingerprint density at radius 3 is 2.50 bits per heavy atom. The fourth-order valence-electron chi connectivity index (χ4n) is 4.84. The molecular formula is C26H31FN4O6S. The van der Waals surface area contributed by atoms with E-state index in [1.165, 1.54) is 0 Å². The minimum atomic E-state index is -4.26. The van der Waals surface area contributed by atoms with Crippen LogP contribution in [0.4, 0.5) is 14.9 Å². The van der Waals surface area contributed by atoms with Crippen molar-refractivity contribution in [3.63, 3.8) is 0 Å². The van der Waals surface area contributed by atoms with Crippen molar-refractivity contribution < 1.29 is 31.9 Å². The van der Waals surface area contributed by atoms with Gasteiger partial charge in [-0.3, -0.25) is 9.69 Å². The fourth-order valence-corrected chi connectivity index (χ4v) is 6.00. The summed E-state index contributed by atoms with van der Waals surface area (Å²) in [5, 5.41) is 0. The highest BCUT2D eigenvalue weighted by Gasteiger charge is 2.42. The molecule has 0 saturated carbocycles. The van der Waals surface area contributed by atoms with E-state index < -0.39 is 34.1 Å². The van der Waals surface area contributed by atoms with E-state index in [-0.39, 0.29) is 36.7 Å². The molecule has 0 bridgehead atoms. The lowest BCUT2D eigenvalue weighted by atomic mass is 9.95. The molecule has 38 heavy (non-hydrogen) atoms. The van der Waals surface area contributed by atoms with Crippen LogP contribution in [0.5, 0.6) is 5.75 Å². The van der Waals surface area contributed by atoms with E-state index in [0.717, 1.165) is 15.4 Å². The first-order valence-corrected chi connectivity index (χ1v) is 13.9. The largest absolute Gasteiger partial charge is 0.487 e. The van der Waals surface area contributed by atoms with Gasteiger partial charge in [-0.25, -0.2) is 18.2 Å². The van der Waals surface area contributed by atoms with Crippen molar-refractivity contribution in [3.05, 3.63) is 58.9 Å². The summed E-state index contributed by atoms with van der Waals surface area (Å²) in [6, 6.07) is 11.0. The van der Waals surface area contributed by atoms with Crippen LogP contribution in [0.1, 0.15) is 37.5 Å². The van der Waals surface area contributed by atoms with Crippen molar-refractivity contribution in [3.8, 4) is 5.75 Å². The summed E-state index contributed by atoms with van der Waals surface area (Å²) in [7, 11) is -4.26. The molecule has 1 N–H and O–H groups in total. The van der Waals surface area contributed by atoms with Crippen LogP contribution in [0.25, 0.3) is 0 Å². The molecule has 10 nitrogen and oxygen atoms in total. The molecule has 5 rings (SSSR count). The number of nitrogens with one attached hydrogen (secondary N) is 1. The zero-order valence-corrected chi connectivity index (χ0v) is 22.4. The van der Waals surface area contributed by atoms with Crippen LogP contribution < -0.4 is 13.8 Å². The highest BCUT2D eigenvalue weighted by Crippen LogP contribution is 2.41. The van der Waals surface area contributed by atoms with Crippen LogP contribution in [0.15, 0.2) is 36.4 Å². The first-order chi connectivity index (χ1) is 17.9. The van der Waals surface area contributed by atoms with Gasteiger partial charge in [-0.1, -0.05) is 30.3 Å². The van der Waals surface area contributed by atoms with Crippen LogP contribution in [-0.4, -0.2) is 68.0 Å². The first kappa shape index (κ1) is 26.2. The van der Waals surface area contributed by atoms with Gasteiger partial charge in [0.15, 0.2) is 5.82 Å². The van der Waals surface area contributed by atoms with Crippen molar-refractivity contribution in [1.29, 1.82) is 0 Å². The second-order valence-corrected chi connectivity index (χ2v) is 12.3. The number of fused-ring (bicyclic) bond motifs is 1. The molecule has 12 heteroatoms. The number of nitrogens with zero attached hydrogens (tertiary/aromatic N) is 3. The lowest BCUT2D eigenvalue weighted by Gasteiger charge is -2.46. The Morgan fingerprint density at radius 1 is 1.16 bits per heavy atom. The molecule has 2 fully saturated rings. The molecule has 0 spiro atoms. The van der Waals surface area contributed by atoms with Gasteiger partial charge in [0.25, 0.3) is 5.91 Å². The van der Waals surface area contributed by atoms with Gasteiger partial charge in [0.05, 0.1) is 0 Å². The number of benzene rings is 2. The summed E-state index contributed by atoms with van der Waals surface area (Å²) in [4.78, 5) is 28.0. The molecule has 2 amide bonds. The fraction of sp³-hybridized carbons (Fsp3) is 0.462. The Labute approximate surface area is 221 Å². The number of amides is 2. The third-order valence-corrected chi connectivity index (χ3v) is 8.14. The summed E-state index contributed by atoms with van der Waals surface area (Å²) >= 11 is 0. The van der Waals surface area contributed by atoms with E-state index in [0.29, 0.717) is 31.6 Å². The summed E-state index contributed by atoms with van der Waals surface area (Å²) in [5.41, 5.74) is 1.07. The molecular weight excluding hydrogens is 515 g/mol. The van der Waals surface area contributed by atoms with Crippen molar-refractivity contribution in [2.75, 3.05) is 30.5 Å². The molecule has 3 aliphatic heterocycles. The second-order valence-electron chi connectivity index (χ2n) is 10.7. The Hall–Kier alpha value is -3.38. The highest BCUT2D eigenvalue weighted by molar-refractivity contribution is 7.92. The number of hydrogen-bond donors (Lipinski definition) is 1. The summed E-state index contributed by atoms with van der Waals surface area (Å²) in [6.45, 7) is 6.84. The molecule has 204 valence electrons. The number of carbonyl (C=O) groups is 2. The Morgan fingerprint density at radius 2 is 1.87 bits per heavy atom. The zero-order valence-electron chi connectivity index (χ0n) is 21.6. The van der Waals surface area contributed by atoms with Crippen molar-refractivity contribution in [1.82, 2.24) is 14.5 Å².